The minimum Gasteiger partial charge on any atom is -0.462 e. The summed E-state index contributed by atoms with van der Waals surface area (Å²) in [6, 6.07) is 9.17. The number of rotatable bonds is 5. The number of thioether (sulfide) groups is 1. The maximum Gasteiger partial charge on any atom is 0.354 e. The molecule has 162 valence electrons. The molecule has 0 bridgehead atoms. The molecule has 30 heavy (non-hydrogen) atoms. The first-order chi connectivity index (χ1) is 14.7. The molecular weight excluding hydrogens is 400 g/mol. The Bertz CT molecular complexity index is 835. The summed E-state index contributed by atoms with van der Waals surface area (Å²) in [6.07, 6.45) is 1.90. The summed E-state index contributed by atoms with van der Waals surface area (Å²) in [5.41, 5.74) is 2.58. The number of carbonyl (C=O) groups is 1. The van der Waals surface area contributed by atoms with E-state index in [2.05, 4.69) is 41.3 Å². The summed E-state index contributed by atoms with van der Waals surface area (Å²) in [6.45, 7) is 7.49. The third-order valence-electron chi connectivity index (χ3n) is 5.91. The molecule has 2 saturated heterocycles. The normalized spacial score (nSPS) is 22.2. The highest BCUT2D eigenvalue weighted by atomic mass is 32.2. The Morgan fingerprint density at radius 3 is 2.57 bits per heavy atom. The summed E-state index contributed by atoms with van der Waals surface area (Å²) < 4.78 is 10.9. The van der Waals surface area contributed by atoms with Gasteiger partial charge in [0.2, 0.25) is 5.89 Å². The van der Waals surface area contributed by atoms with Gasteiger partial charge in [0.1, 0.15) is 0 Å². The number of aryl methyl sites for hydroxylation is 1. The number of amides is 2. The van der Waals surface area contributed by atoms with E-state index in [-0.39, 0.29) is 23.9 Å². The van der Waals surface area contributed by atoms with Gasteiger partial charge in [-0.1, -0.05) is 31.2 Å². The molecular formula is C22H30N4O3S. The Kier molecular flexibility index (Phi) is 6.82. The van der Waals surface area contributed by atoms with E-state index in [0.717, 1.165) is 44.0 Å². The quantitative estimate of drug-likeness (QED) is 0.719. The van der Waals surface area contributed by atoms with Crippen molar-refractivity contribution in [1.82, 2.24) is 19.9 Å². The highest BCUT2D eigenvalue weighted by Gasteiger charge is 2.36. The third-order valence-corrected chi connectivity index (χ3v) is 6.85. The lowest BCUT2D eigenvalue weighted by Gasteiger charge is -2.40. The fourth-order valence-corrected chi connectivity index (χ4v) is 5.13. The number of hydrogen-bond donors (Lipinski definition) is 0. The summed E-state index contributed by atoms with van der Waals surface area (Å²) in [4.78, 5) is 21.7. The number of carbonyl (C=O) groups excluding carboxylic acids is 1. The van der Waals surface area contributed by atoms with Crippen molar-refractivity contribution >= 4 is 17.8 Å². The SMILES string of the molecule is CCOc1noc(C2CC(c3ccc(CC)cc3)CN(C(=O)N3CCSCC3)C2)n1. The smallest absolute Gasteiger partial charge is 0.354 e. The molecule has 1 aromatic carbocycles. The van der Waals surface area contributed by atoms with E-state index in [0.29, 0.717) is 19.0 Å². The number of nitrogens with zero attached hydrogens (tertiary/aromatic N) is 4. The van der Waals surface area contributed by atoms with Crippen molar-refractivity contribution in [2.45, 2.75) is 38.5 Å². The van der Waals surface area contributed by atoms with Crippen molar-refractivity contribution < 1.29 is 14.1 Å². The number of benzene rings is 1. The van der Waals surface area contributed by atoms with E-state index in [9.17, 15) is 4.79 Å². The molecule has 2 unspecified atom stereocenters. The molecule has 3 heterocycles. The molecule has 0 saturated carbocycles. The van der Waals surface area contributed by atoms with Gasteiger partial charge in [-0.15, -0.1) is 0 Å². The average Bonchev–Trinajstić information content (AvgIpc) is 3.28. The lowest BCUT2D eigenvalue weighted by atomic mass is 9.84. The largest absolute Gasteiger partial charge is 0.462 e. The van der Waals surface area contributed by atoms with E-state index in [1.807, 2.05) is 28.5 Å². The van der Waals surface area contributed by atoms with Crippen LogP contribution in [0.2, 0.25) is 0 Å². The molecule has 2 aromatic rings. The average molecular weight is 431 g/mol. The van der Waals surface area contributed by atoms with Gasteiger partial charge in [0.15, 0.2) is 0 Å². The van der Waals surface area contributed by atoms with Crippen LogP contribution in [-0.2, 0) is 6.42 Å². The molecule has 2 atom stereocenters. The van der Waals surface area contributed by atoms with Crippen LogP contribution < -0.4 is 4.74 Å². The van der Waals surface area contributed by atoms with Crippen LogP contribution in [0, 0.1) is 0 Å². The number of hydrogen-bond acceptors (Lipinski definition) is 6. The van der Waals surface area contributed by atoms with Crippen LogP contribution in [0.3, 0.4) is 0 Å². The zero-order chi connectivity index (χ0) is 20.9. The standard InChI is InChI=1S/C22H30N4O3S/c1-3-16-5-7-17(8-6-16)18-13-19(20-23-21(24-29-20)28-4-2)15-26(14-18)22(27)25-9-11-30-12-10-25/h5-8,18-19H,3-4,9-15H2,1-2H3. The van der Waals surface area contributed by atoms with Crippen LogP contribution in [0.1, 0.15) is 49.1 Å². The first-order valence-electron chi connectivity index (χ1n) is 10.8. The molecule has 2 fully saturated rings. The van der Waals surface area contributed by atoms with Crippen LogP contribution >= 0.6 is 11.8 Å². The Hall–Kier alpha value is -2.22. The second-order valence-electron chi connectivity index (χ2n) is 7.86. The molecule has 1 aromatic heterocycles. The van der Waals surface area contributed by atoms with Crippen LogP contribution in [0.15, 0.2) is 28.8 Å². The molecule has 2 aliphatic heterocycles. The second kappa shape index (κ2) is 9.73. The molecule has 4 rings (SSSR count). The molecule has 8 heteroatoms. The highest BCUT2D eigenvalue weighted by Crippen LogP contribution is 2.36. The Balaban J connectivity index is 1.56. The molecule has 0 spiro atoms. The van der Waals surface area contributed by atoms with Crippen LogP contribution in [0.25, 0.3) is 0 Å². The van der Waals surface area contributed by atoms with Gasteiger partial charge in [0, 0.05) is 43.6 Å². The molecule has 7 nitrogen and oxygen atoms in total. The number of ether oxygens (including phenoxy) is 1. The minimum absolute atomic E-state index is 0.000534. The van der Waals surface area contributed by atoms with Gasteiger partial charge >= 0.3 is 12.0 Å². The maximum absolute atomic E-state index is 13.3. The van der Waals surface area contributed by atoms with Crippen molar-refractivity contribution in [2.24, 2.45) is 0 Å². The first-order valence-corrected chi connectivity index (χ1v) is 12.0. The Labute approximate surface area is 182 Å². The summed E-state index contributed by atoms with van der Waals surface area (Å²) >= 11 is 1.91. The van der Waals surface area contributed by atoms with Crippen LogP contribution in [0.4, 0.5) is 4.79 Å². The summed E-state index contributed by atoms with van der Waals surface area (Å²) in [7, 11) is 0. The molecule has 2 aliphatic rings. The van der Waals surface area contributed by atoms with E-state index < -0.39 is 0 Å². The Morgan fingerprint density at radius 1 is 1.13 bits per heavy atom. The highest BCUT2D eigenvalue weighted by molar-refractivity contribution is 7.99. The van der Waals surface area contributed by atoms with Crippen molar-refractivity contribution in [2.75, 3.05) is 44.3 Å². The van der Waals surface area contributed by atoms with Gasteiger partial charge in [0.25, 0.3) is 0 Å². The van der Waals surface area contributed by atoms with E-state index in [1.165, 1.54) is 11.1 Å². The molecule has 2 amide bonds. The second-order valence-corrected chi connectivity index (χ2v) is 9.08. The summed E-state index contributed by atoms with van der Waals surface area (Å²) in [5, 5.41) is 3.94. The van der Waals surface area contributed by atoms with Crippen molar-refractivity contribution in [3.05, 3.63) is 41.3 Å². The van der Waals surface area contributed by atoms with Gasteiger partial charge in [0.05, 0.1) is 12.5 Å². The summed E-state index contributed by atoms with van der Waals surface area (Å²) in [5.74, 6) is 2.80. The number of urea groups is 1. The van der Waals surface area contributed by atoms with E-state index >= 15 is 0 Å². The fraction of sp³-hybridized carbons (Fsp3) is 0.591. The molecule has 0 radical (unpaired) electrons. The monoisotopic (exact) mass is 430 g/mol. The van der Waals surface area contributed by atoms with Crippen molar-refractivity contribution in [1.29, 1.82) is 0 Å². The van der Waals surface area contributed by atoms with Crippen molar-refractivity contribution in [3.8, 4) is 6.01 Å². The van der Waals surface area contributed by atoms with Gasteiger partial charge < -0.3 is 19.1 Å². The van der Waals surface area contributed by atoms with Crippen molar-refractivity contribution in [3.63, 3.8) is 0 Å². The Morgan fingerprint density at radius 2 is 1.87 bits per heavy atom. The minimum atomic E-state index is -0.000534. The van der Waals surface area contributed by atoms with Gasteiger partial charge in [-0.25, -0.2) is 4.79 Å². The topological polar surface area (TPSA) is 71.7 Å². The third kappa shape index (κ3) is 4.74. The predicted octanol–water partition coefficient (Wildman–Crippen LogP) is 3.77. The number of aromatic nitrogens is 2. The molecule has 0 N–H and O–H groups in total. The number of piperidine rings is 1. The maximum atomic E-state index is 13.3. The lowest BCUT2D eigenvalue weighted by molar-refractivity contribution is 0.130. The number of likely N-dealkylation sites (tertiary alicyclic amines) is 1. The predicted molar refractivity (Wildman–Crippen MR) is 117 cm³/mol. The zero-order valence-corrected chi connectivity index (χ0v) is 18.6. The van der Waals surface area contributed by atoms with Gasteiger partial charge in [-0.2, -0.15) is 16.7 Å². The molecule has 0 aliphatic carbocycles. The zero-order valence-electron chi connectivity index (χ0n) is 17.7. The van der Waals surface area contributed by atoms with E-state index in [1.54, 1.807) is 0 Å². The van der Waals surface area contributed by atoms with Gasteiger partial charge in [-0.3, -0.25) is 0 Å². The van der Waals surface area contributed by atoms with E-state index in [4.69, 9.17) is 9.26 Å². The van der Waals surface area contributed by atoms with Gasteiger partial charge in [-0.05, 0) is 36.0 Å². The lowest BCUT2D eigenvalue weighted by Crippen LogP contribution is -2.51. The van der Waals surface area contributed by atoms with Crippen LogP contribution in [0.5, 0.6) is 6.01 Å². The van der Waals surface area contributed by atoms with Crippen LogP contribution in [-0.4, -0.2) is 70.3 Å². The fourth-order valence-electron chi connectivity index (χ4n) is 4.23. The first kappa shape index (κ1) is 21.0.